The Bertz CT molecular complexity index is 1120. The summed E-state index contributed by atoms with van der Waals surface area (Å²) >= 11 is 1.67. The van der Waals surface area contributed by atoms with Gasteiger partial charge in [0.15, 0.2) is 17.3 Å². The van der Waals surface area contributed by atoms with Crippen molar-refractivity contribution in [3.8, 4) is 11.5 Å². The summed E-state index contributed by atoms with van der Waals surface area (Å²) in [5.74, 6) is 1.37. The topological polar surface area (TPSA) is 89.5 Å². The fraction of sp³-hybridized carbons (Fsp3) is 0.208. The van der Waals surface area contributed by atoms with Crippen molar-refractivity contribution in [1.82, 2.24) is 10.3 Å². The van der Waals surface area contributed by atoms with Crippen LogP contribution in [0.3, 0.4) is 0 Å². The van der Waals surface area contributed by atoms with Crippen LogP contribution >= 0.6 is 11.8 Å². The van der Waals surface area contributed by atoms with Crippen molar-refractivity contribution in [3.05, 3.63) is 83.7 Å². The monoisotopic (exact) mass is 449 g/mol. The van der Waals surface area contributed by atoms with Crippen LogP contribution < -0.4 is 20.1 Å². The van der Waals surface area contributed by atoms with E-state index in [0.29, 0.717) is 34.1 Å². The van der Waals surface area contributed by atoms with E-state index in [1.54, 1.807) is 73.7 Å². The van der Waals surface area contributed by atoms with E-state index in [0.717, 1.165) is 5.56 Å². The highest BCUT2D eigenvalue weighted by Crippen LogP contribution is 2.33. The van der Waals surface area contributed by atoms with Gasteiger partial charge < -0.3 is 14.8 Å². The third-order valence-electron chi connectivity index (χ3n) is 5.12. The van der Waals surface area contributed by atoms with Gasteiger partial charge >= 0.3 is 0 Å². The lowest BCUT2D eigenvalue weighted by Crippen LogP contribution is -2.38. The Labute approximate surface area is 190 Å². The number of ketones is 1. The minimum Gasteiger partial charge on any atom is -0.493 e. The molecule has 0 aliphatic carbocycles. The summed E-state index contributed by atoms with van der Waals surface area (Å²) in [6.07, 6.45) is 3.53. The number of rotatable bonds is 7. The number of carbonyl (C=O) groups is 2. The molecule has 2 aromatic carbocycles. The number of methoxy groups -OCH3 is 2. The molecule has 4 rings (SSSR count). The summed E-state index contributed by atoms with van der Waals surface area (Å²) < 4.78 is 10.5. The number of carbonyl (C=O) groups excluding carboxylic acids is 2. The largest absolute Gasteiger partial charge is 0.493 e. The third kappa shape index (κ3) is 4.76. The average molecular weight is 450 g/mol. The Balaban J connectivity index is 1.44. The van der Waals surface area contributed by atoms with E-state index < -0.39 is 0 Å². The first-order chi connectivity index (χ1) is 15.6. The maximum absolute atomic E-state index is 13.0. The van der Waals surface area contributed by atoms with Crippen molar-refractivity contribution >= 4 is 29.1 Å². The van der Waals surface area contributed by atoms with Gasteiger partial charge in [0.2, 0.25) is 5.91 Å². The van der Waals surface area contributed by atoms with Crippen LogP contribution in [0.15, 0.2) is 67.0 Å². The van der Waals surface area contributed by atoms with Gasteiger partial charge in [0.1, 0.15) is 0 Å². The van der Waals surface area contributed by atoms with Gasteiger partial charge in [-0.25, -0.2) is 0 Å². The summed E-state index contributed by atoms with van der Waals surface area (Å²) in [5, 5.41) is 6.27. The van der Waals surface area contributed by atoms with Gasteiger partial charge in [-0.3, -0.25) is 19.9 Å². The molecule has 1 amide bonds. The van der Waals surface area contributed by atoms with Crippen molar-refractivity contribution in [1.29, 1.82) is 0 Å². The maximum atomic E-state index is 13.0. The standard InChI is InChI=1S/C24H23N3O4S/c1-30-20-9-8-16(12-21(20)31-2)22(28)15-5-3-7-18(11-15)26-23(29)19-14-32-24(27-19)17-6-4-10-25-13-17/h3-13,19,24,27H,14H2,1-2H3,(H,26,29). The normalized spacial score (nSPS) is 17.6. The molecule has 2 atom stereocenters. The summed E-state index contributed by atoms with van der Waals surface area (Å²) in [6, 6.07) is 15.5. The summed E-state index contributed by atoms with van der Waals surface area (Å²) in [5.41, 5.74) is 2.55. The number of hydrogen-bond donors (Lipinski definition) is 2. The molecular weight excluding hydrogens is 426 g/mol. The molecule has 32 heavy (non-hydrogen) atoms. The molecule has 164 valence electrons. The summed E-state index contributed by atoms with van der Waals surface area (Å²) in [6.45, 7) is 0. The lowest BCUT2D eigenvalue weighted by atomic mass is 10.0. The number of nitrogens with zero attached hydrogens (tertiary/aromatic N) is 1. The molecule has 8 heteroatoms. The van der Waals surface area contributed by atoms with Crippen molar-refractivity contribution in [2.24, 2.45) is 0 Å². The van der Waals surface area contributed by atoms with E-state index in [1.165, 1.54) is 7.11 Å². The van der Waals surface area contributed by atoms with Gasteiger partial charge in [-0.1, -0.05) is 18.2 Å². The number of hydrogen-bond acceptors (Lipinski definition) is 7. The van der Waals surface area contributed by atoms with E-state index in [1.807, 2.05) is 12.1 Å². The molecule has 0 spiro atoms. The molecule has 2 heterocycles. The number of anilines is 1. The first-order valence-corrected chi connectivity index (χ1v) is 11.1. The maximum Gasteiger partial charge on any atom is 0.242 e. The van der Waals surface area contributed by atoms with E-state index in [-0.39, 0.29) is 23.1 Å². The SMILES string of the molecule is COc1ccc(C(=O)c2cccc(NC(=O)C3CSC(c4cccnc4)N3)c2)cc1OC. The number of pyridine rings is 1. The van der Waals surface area contributed by atoms with Crippen LogP contribution in [0.2, 0.25) is 0 Å². The number of ether oxygens (including phenoxy) is 2. The molecule has 3 aromatic rings. The molecule has 1 saturated heterocycles. The minimum absolute atomic E-state index is 0.0254. The molecule has 0 radical (unpaired) electrons. The van der Waals surface area contributed by atoms with Crippen LogP contribution in [0.1, 0.15) is 26.9 Å². The molecule has 0 saturated carbocycles. The van der Waals surface area contributed by atoms with Crippen molar-refractivity contribution < 1.29 is 19.1 Å². The molecule has 2 unspecified atom stereocenters. The second-order valence-corrected chi connectivity index (χ2v) is 8.33. The van der Waals surface area contributed by atoms with Gasteiger partial charge in [-0.05, 0) is 42.0 Å². The predicted molar refractivity (Wildman–Crippen MR) is 124 cm³/mol. The van der Waals surface area contributed by atoms with Gasteiger partial charge in [-0.15, -0.1) is 11.8 Å². The zero-order valence-electron chi connectivity index (χ0n) is 17.7. The summed E-state index contributed by atoms with van der Waals surface area (Å²) in [4.78, 5) is 29.9. The lowest BCUT2D eigenvalue weighted by molar-refractivity contribution is -0.117. The highest BCUT2D eigenvalue weighted by atomic mass is 32.2. The van der Waals surface area contributed by atoms with Gasteiger partial charge in [0.05, 0.1) is 25.6 Å². The fourth-order valence-electron chi connectivity index (χ4n) is 3.46. The van der Waals surface area contributed by atoms with Crippen LogP contribution in [0.5, 0.6) is 11.5 Å². The van der Waals surface area contributed by atoms with Crippen LogP contribution in [0.4, 0.5) is 5.69 Å². The molecule has 2 N–H and O–H groups in total. The number of benzene rings is 2. The van der Waals surface area contributed by atoms with Crippen molar-refractivity contribution in [3.63, 3.8) is 0 Å². The lowest BCUT2D eigenvalue weighted by Gasteiger charge is -2.14. The van der Waals surface area contributed by atoms with Crippen LogP contribution in [-0.2, 0) is 4.79 Å². The second-order valence-electron chi connectivity index (χ2n) is 7.19. The number of nitrogens with one attached hydrogen (secondary N) is 2. The Kier molecular flexibility index (Phi) is 6.72. The minimum atomic E-state index is -0.338. The first kappa shape index (κ1) is 21.9. The zero-order valence-corrected chi connectivity index (χ0v) is 18.5. The zero-order chi connectivity index (χ0) is 22.5. The highest BCUT2D eigenvalue weighted by molar-refractivity contribution is 7.99. The molecular formula is C24H23N3O4S. The van der Waals surface area contributed by atoms with E-state index in [4.69, 9.17) is 9.47 Å². The van der Waals surface area contributed by atoms with Crippen LogP contribution in [0.25, 0.3) is 0 Å². The van der Waals surface area contributed by atoms with Crippen molar-refractivity contribution in [2.75, 3.05) is 25.3 Å². The Morgan fingerprint density at radius 2 is 1.84 bits per heavy atom. The summed E-state index contributed by atoms with van der Waals surface area (Å²) in [7, 11) is 3.07. The molecule has 0 bridgehead atoms. The fourth-order valence-corrected chi connectivity index (χ4v) is 4.68. The van der Waals surface area contributed by atoms with E-state index >= 15 is 0 Å². The first-order valence-electron chi connectivity index (χ1n) is 10.0. The van der Waals surface area contributed by atoms with E-state index in [9.17, 15) is 9.59 Å². The molecule has 7 nitrogen and oxygen atoms in total. The third-order valence-corrected chi connectivity index (χ3v) is 6.39. The van der Waals surface area contributed by atoms with Crippen molar-refractivity contribution in [2.45, 2.75) is 11.4 Å². The predicted octanol–water partition coefficient (Wildman–Crippen LogP) is 3.67. The van der Waals surface area contributed by atoms with Crippen LogP contribution in [-0.4, -0.2) is 42.7 Å². The van der Waals surface area contributed by atoms with Gasteiger partial charge in [-0.2, -0.15) is 0 Å². The quantitative estimate of drug-likeness (QED) is 0.532. The second kappa shape index (κ2) is 9.84. The molecule has 1 fully saturated rings. The molecule has 1 aliphatic heterocycles. The Morgan fingerprint density at radius 1 is 1.03 bits per heavy atom. The molecule has 1 aromatic heterocycles. The number of aromatic nitrogens is 1. The number of amides is 1. The molecule has 1 aliphatic rings. The van der Waals surface area contributed by atoms with E-state index in [2.05, 4.69) is 15.6 Å². The number of thioether (sulfide) groups is 1. The Hall–Kier alpha value is -3.36. The van der Waals surface area contributed by atoms with Gasteiger partial charge in [0.25, 0.3) is 0 Å². The highest BCUT2D eigenvalue weighted by Gasteiger charge is 2.30. The van der Waals surface area contributed by atoms with Crippen LogP contribution in [0, 0.1) is 0 Å². The smallest absolute Gasteiger partial charge is 0.242 e. The Morgan fingerprint density at radius 3 is 2.59 bits per heavy atom. The van der Waals surface area contributed by atoms with Gasteiger partial charge in [0, 0.05) is 35.0 Å². The average Bonchev–Trinajstić information content (AvgIpc) is 3.34.